The van der Waals surface area contributed by atoms with Crippen molar-refractivity contribution in [3.63, 3.8) is 0 Å². The summed E-state index contributed by atoms with van der Waals surface area (Å²) in [4.78, 5) is 11.4. The van der Waals surface area contributed by atoms with Crippen LogP contribution in [-0.2, 0) is 4.79 Å². The van der Waals surface area contributed by atoms with E-state index in [1.165, 1.54) is 0 Å². The van der Waals surface area contributed by atoms with Gasteiger partial charge in [0.05, 0.1) is 0 Å². The molecule has 0 spiro atoms. The molecule has 0 heterocycles. The molecule has 0 amide bonds. The Kier molecular flexibility index (Phi) is 6.61. The van der Waals surface area contributed by atoms with Crippen LogP contribution in [0.3, 0.4) is 0 Å². The normalized spacial score (nSPS) is 10.1. The van der Waals surface area contributed by atoms with Gasteiger partial charge in [-0.25, -0.2) is 0 Å². The van der Waals surface area contributed by atoms with Crippen LogP contribution in [0.2, 0.25) is 0 Å². The second-order valence-corrected chi connectivity index (χ2v) is 3.71. The first-order chi connectivity index (χ1) is 7.83. The van der Waals surface area contributed by atoms with Crippen LogP contribution in [0.4, 0.5) is 0 Å². The Morgan fingerprint density at radius 1 is 1.25 bits per heavy atom. The van der Waals surface area contributed by atoms with Crippen LogP contribution in [0, 0.1) is 0 Å². The number of hydrogen-bond acceptors (Lipinski definition) is 3. The number of carbonyl (C=O) groups is 1. The van der Waals surface area contributed by atoms with E-state index in [-0.39, 0.29) is 5.97 Å². The van der Waals surface area contributed by atoms with E-state index in [4.69, 9.17) is 16.3 Å². The lowest BCUT2D eigenvalue weighted by atomic mass is 10.3. The van der Waals surface area contributed by atoms with Crippen molar-refractivity contribution in [1.82, 2.24) is 5.32 Å². The van der Waals surface area contributed by atoms with Gasteiger partial charge >= 0.3 is 5.97 Å². The maximum Gasteiger partial charge on any atom is 0.311 e. The SMILES string of the molecule is O=C(CCCNCCCl)Oc1ccccc1. The first-order valence-electron chi connectivity index (χ1n) is 5.35. The van der Waals surface area contributed by atoms with Crippen molar-refractivity contribution in [2.75, 3.05) is 19.0 Å². The van der Waals surface area contributed by atoms with Gasteiger partial charge in [0.25, 0.3) is 0 Å². The zero-order valence-electron chi connectivity index (χ0n) is 9.12. The number of carbonyl (C=O) groups excluding carboxylic acids is 1. The lowest BCUT2D eigenvalue weighted by Crippen LogP contribution is -2.19. The second-order valence-electron chi connectivity index (χ2n) is 3.33. The first-order valence-corrected chi connectivity index (χ1v) is 5.89. The van der Waals surface area contributed by atoms with E-state index in [9.17, 15) is 4.79 Å². The average Bonchev–Trinajstić information content (AvgIpc) is 2.30. The van der Waals surface area contributed by atoms with E-state index >= 15 is 0 Å². The topological polar surface area (TPSA) is 38.3 Å². The van der Waals surface area contributed by atoms with Gasteiger partial charge in [0, 0.05) is 18.8 Å². The smallest absolute Gasteiger partial charge is 0.311 e. The summed E-state index contributed by atoms with van der Waals surface area (Å²) in [7, 11) is 0. The van der Waals surface area contributed by atoms with Gasteiger partial charge < -0.3 is 10.1 Å². The summed E-state index contributed by atoms with van der Waals surface area (Å²) in [6.07, 6.45) is 1.19. The maximum atomic E-state index is 11.4. The molecule has 1 rings (SSSR count). The zero-order chi connectivity index (χ0) is 11.6. The zero-order valence-corrected chi connectivity index (χ0v) is 9.87. The molecule has 0 unspecified atom stereocenters. The molecule has 16 heavy (non-hydrogen) atoms. The van der Waals surface area contributed by atoms with Crippen LogP contribution in [0.5, 0.6) is 5.75 Å². The molecule has 0 atom stereocenters. The predicted molar refractivity (Wildman–Crippen MR) is 64.9 cm³/mol. The monoisotopic (exact) mass is 241 g/mol. The predicted octanol–water partition coefficient (Wildman–Crippen LogP) is 2.20. The van der Waals surface area contributed by atoms with E-state index in [1.54, 1.807) is 12.1 Å². The number of benzene rings is 1. The van der Waals surface area contributed by atoms with Gasteiger partial charge in [-0.1, -0.05) is 18.2 Å². The van der Waals surface area contributed by atoms with Crippen molar-refractivity contribution < 1.29 is 9.53 Å². The van der Waals surface area contributed by atoms with Crippen molar-refractivity contribution in [3.8, 4) is 5.75 Å². The lowest BCUT2D eigenvalue weighted by molar-refractivity contribution is -0.134. The van der Waals surface area contributed by atoms with Gasteiger partial charge in [0.15, 0.2) is 0 Å². The van der Waals surface area contributed by atoms with E-state index in [0.29, 0.717) is 18.1 Å². The number of hydrogen-bond donors (Lipinski definition) is 1. The molecule has 0 aliphatic rings. The molecular weight excluding hydrogens is 226 g/mol. The molecule has 3 nitrogen and oxygen atoms in total. The van der Waals surface area contributed by atoms with Crippen LogP contribution in [0.15, 0.2) is 30.3 Å². The lowest BCUT2D eigenvalue weighted by Gasteiger charge is -2.04. The summed E-state index contributed by atoms with van der Waals surface area (Å²) in [6.45, 7) is 1.56. The third kappa shape index (κ3) is 5.73. The molecule has 0 aliphatic heterocycles. The van der Waals surface area contributed by atoms with Crippen LogP contribution in [0.1, 0.15) is 12.8 Å². The summed E-state index contributed by atoms with van der Waals surface area (Å²) >= 11 is 5.50. The number of nitrogens with one attached hydrogen (secondary N) is 1. The first kappa shape index (κ1) is 13.0. The molecule has 0 aromatic heterocycles. The number of esters is 1. The molecule has 0 saturated heterocycles. The minimum atomic E-state index is -0.195. The van der Waals surface area contributed by atoms with Crippen LogP contribution < -0.4 is 10.1 Å². The van der Waals surface area contributed by atoms with Gasteiger partial charge in [-0.3, -0.25) is 4.79 Å². The largest absolute Gasteiger partial charge is 0.427 e. The molecule has 1 aromatic rings. The number of ether oxygens (including phenoxy) is 1. The van der Waals surface area contributed by atoms with Crippen molar-refractivity contribution in [2.24, 2.45) is 0 Å². The van der Waals surface area contributed by atoms with Gasteiger partial charge in [0.2, 0.25) is 0 Å². The van der Waals surface area contributed by atoms with Gasteiger partial charge in [-0.2, -0.15) is 0 Å². The quantitative estimate of drug-likeness (QED) is 0.344. The molecular formula is C12H16ClNO2. The third-order valence-electron chi connectivity index (χ3n) is 1.98. The minimum Gasteiger partial charge on any atom is -0.427 e. The van der Waals surface area contributed by atoms with E-state index < -0.39 is 0 Å². The van der Waals surface area contributed by atoms with Gasteiger partial charge in [-0.05, 0) is 25.1 Å². The van der Waals surface area contributed by atoms with E-state index in [0.717, 1.165) is 19.5 Å². The van der Waals surface area contributed by atoms with Gasteiger partial charge in [0.1, 0.15) is 5.75 Å². The van der Waals surface area contributed by atoms with Crippen molar-refractivity contribution in [1.29, 1.82) is 0 Å². The molecule has 0 saturated carbocycles. The highest BCUT2D eigenvalue weighted by Gasteiger charge is 2.03. The fourth-order valence-corrected chi connectivity index (χ4v) is 1.35. The van der Waals surface area contributed by atoms with Crippen LogP contribution in [0.25, 0.3) is 0 Å². The minimum absolute atomic E-state index is 0.195. The summed E-state index contributed by atoms with van der Waals surface area (Å²) in [6, 6.07) is 9.09. The summed E-state index contributed by atoms with van der Waals surface area (Å²) in [5.41, 5.74) is 0. The van der Waals surface area contributed by atoms with Crippen LogP contribution in [-0.4, -0.2) is 24.9 Å². The molecule has 0 aliphatic carbocycles. The summed E-state index contributed by atoms with van der Waals surface area (Å²) in [5, 5.41) is 3.11. The molecule has 88 valence electrons. The Hall–Kier alpha value is -1.06. The highest BCUT2D eigenvalue weighted by Crippen LogP contribution is 2.09. The maximum absolute atomic E-state index is 11.4. The fourth-order valence-electron chi connectivity index (χ4n) is 1.22. The Morgan fingerprint density at radius 3 is 2.69 bits per heavy atom. The molecule has 0 fully saturated rings. The van der Waals surface area contributed by atoms with E-state index in [1.807, 2.05) is 18.2 Å². The number of para-hydroxylation sites is 1. The van der Waals surface area contributed by atoms with Gasteiger partial charge in [-0.15, -0.1) is 11.6 Å². The number of alkyl halides is 1. The average molecular weight is 242 g/mol. The third-order valence-corrected chi connectivity index (χ3v) is 2.17. The molecule has 0 radical (unpaired) electrons. The van der Waals surface area contributed by atoms with Crippen molar-refractivity contribution in [2.45, 2.75) is 12.8 Å². The Bertz CT molecular complexity index is 303. The molecule has 0 bridgehead atoms. The van der Waals surface area contributed by atoms with Crippen molar-refractivity contribution in [3.05, 3.63) is 30.3 Å². The molecule has 1 aromatic carbocycles. The molecule has 4 heteroatoms. The summed E-state index contributed by atoms with van der Waals surface area (Å²) < 4.78 is 5.13. The van der Waals surface area contributed by atoms with Crippen LogP contribution >= 0.6 is 11.6 Å². The number of rotatable bonds is 7. The Balaban J connectivity index is 2.12. The summed E-state index contributed by atoms with van der Waals surface area (Å²) in [5.74, 6) is 0.995. The Labute approximate surface area is 101 Å². The standard InChI is InChI=1S/C12H16ClNO2/c13-8-10-14-9-4-7-12(15)16-11-5-2-1-3-6-11/h1-3,5-6,14H,4,7-10H2. The highest BCUT2D eigenvalue weighted by atomic mass is 35.5. The van der Waals surface area contributed by atoms with Crippen molar-refractivity contribution >= 4 is 17.6 Å². The van der Waals surface area contributed by atoms with E-state index in [2.05, 4.69) is 5.32 Å². The second kappa shape index (κ2) is 8.13. The number of halogens is 1. The Morgan fingerprint density at radius 2 is 2.00 bits per heavy atom. The molecule has 1 N–H and O–H groups in total. The fraction of sp³-hybridized carbons (Fsp3) is 0.417. The highest BCUT2D eigenvalue weighted by molar-refractivity contribution is 6.18.